The van der Waals surface area contributed by atoms with Crippen LogP contribution in [0.4, 0.5) is 0 Å². The maximum Gasteiger partial charge on any atom is 0.220 e. The molecule has 0 atom stereocenters. The van der Waals surface area contributed by atoms with E-state index in [1.807, 2.05) is 17.5 Å². The van der Waals surface area contributed by atoms with Gasteiger partial charge in [0.05, 0.1) is 27.3 Å². The highest BCUT2D eigenvalue weighted by molar-refractivity contribution is 7.09. The zero-order valence-corrected chi connectivity index (χ0v) is 15.6. The van der Waals surface area contributed by atoms with Crippen molar-refractivity contribution >= 4 is 40.4 Å². The second-order valence-corrected chi connectivity index (χ2v) is 7.41. The standard InChI is InChI=1S/C17H20Cl2N2OS/c1-11(2)17-21-13(10-23-17)9-20-16(22)5-3-4-12-6-7-14(18)15(19)8-12/h6-8,10-11H,3-5,9H2,1-2H3,(H,20,22). The van der Waals surface area contributed by atoms with Crippen molar-refractivity contribution in [3.63, 3.8) is 0 Å². The number of aryl methyl sites for hydroxylation is 1. The lowest BCUT2D eigenvalue weighted by Crippen LogP contribution is -2.22. The highest BCUT2D eigenvalue weighted by Gasteiger charge is 2.07. The van der Waals surface area contributed by atoms with Crippen LogP contribution >= 0.6 is 34.5 Å². The molecule has 0 saturated heterocycles. The van der Waals surface area contributed by atoms with E-state index in [4.69, 9.17) is 23.2 Å². The Morgan fingerprint density at radius 1 is 1.30 bits per heavy atom. The molecule has 1 amide bonds. The van der Waals surface area contributed by atoms with Gasteiger partial charge in [-0.05, 0) is 30.5 Å². The number of thiazole rings is 1. The summed E-state index contributed by atoms with van der Waals surface area (Å²) in [5, 5.41) is 7.13. The number of nitrogens with one attached hydrogen (secondary N) is 1. The molecule has 124 valence electrons. The Labute approximate surface area is 151 Å². The number of nitrogens with zero attached hydrogens (tertiary/aromatic N) is 1. The largest absolute Gasteiger partial charge is 0.350 e. The molecule has 0 fully saturated rings. The summed E-state index contributed by atoms with van der Waals surface area (Å²) in [6, 6.07) is 5.58. The van der Waals surface area contributed by atoms with Crippen molar-refractivity contribution in [3.8, 4) is 0 Å². The van der Waals surface area contributed by atoms with E-state index in [-0.39, 0.29) is 5.91 Å². The molecule has 0 radical (unpaired) electrons. The smallest absolute Gasteiger partial charge is 0.220 e. The van der Waals surface area contributed by atoms with Crippen LogP contribution in [-0.4, -0.2) is 10.9 Å². The summed E-state index contributed by atoms with van der Waals surface area (Å²) >= 11 is 13.5. The van der Waals surface area contributed by atoms with Gasteiger partial charge in [-0.25, -0.2) is 4.98 Å². The van der Waals surface area contributed by atoms with E-state index < -0.39 is 0 Å². The maximum absolute atomic E-state index is 11.9. The van der Waals surface area contributed by atoms with Gasteiger partial charge in [-0.15, -0.1) is 11.3 Å². The molecule has 0 bridgehead atoms. The highest BCUT2D eigenvalue weighted by atomic mass is 35.5. The molecule has 0 aliphatic rings. The lowest BCUT2D eigenvalue weighted by Gasteiger charge is -2.05. The zero-order chi connectivity index (χ0) is 16.8. The molecule has 1 N–H and O–H groups in total. The fraction of sp³-hybridized carbons (Fsp3) is 0.412. The molecule has 0 aliphatic heterocycles. The van der Waals surface area contributed by atoms with E-state index >= 15 is 0 Å². The molecule has 1 aromatic heterocycles. The lowest BCUT2D eigenvalue weighted by molar-refractivity contribution is -0.121. The summed E-state index contributed by atoms with van der Waals surface area (Å²) in [5.74, 6) is 0.472. The second-order valence-electron chi connectivity index (χ2n) is 5.71. The fourth-order valence-electron chi connectivity index (χ4n) is 2.09. The third-order valence-electron chi connectivity index (χ3n) is 3.38. The average Bonchev–Trinajstić information content (AvgIpc) is 2.98. The van der Waals surface area contributed by atoms with Gasteiger partial charge in [0.2, 0.25) is 5.91 Å². The SMILES string of the molecule is CC(C)c1nc(CNC(=O)CCCc2ccc(Cl)c(Cl)c2)cs1. The number of aromatic nitrogens is 1. The van der Waals surface area contributed by atoms with E-state index in [2.05, 4.69) is 24.1 Å². The number of hydrogen-bond acceptors (Lipinski definition) is 3. The second kappa shape index (κ2) is 8.67. The van der Waals surface area contributed by atoms with Gasteiger partial charge in [0.15, 0.2) is 0 Å². The monoisotopic (exact) mass is 370 g/mol. The van der Waals surface area contributed by atoms with Gasteiger partial charge in [0.25, 0.3) is 0 Å². The Kier molecular flexibility index (Phi) is 6.88. The van der Waals surface area contributed by atoms with Crippen LogP contribution in [-0.2, 0) is 17.8 Å². The van der Waals surface area contributed by atoms with Crippen molar-refractivity contribution in [1.29, 1.82) is 0 Å². The lowest BCUT2D eigenvalue weighted by atomic mass is 10.1. The van der Waals surface area contributed by atoms with Gasteiger partial charge in [-0.3, -0.25) is 4.79 Å². The van der Waals surface area contributed by atoms with Crippen LogP contribution in [0.3, 0.4) is 0 Å². The summed E-state index contributed by atoms with van der Waals surface area (Å²) in [6.07, 6.45) is 2.07. The Hall–Kier alpha value is -1.10. The number of hydrogen-bond donors (Lipinski definition) is 1. The van der Waals surface area contributed by atoms with E-state index in [0.717, 1.165) is 29.1 Å². The first-order valence-electron chi connectivity index (χ1n) is 7.60. The van der Waals surface area contributed by atoms with Crippen molar-refractivity contribution in [1.82, 2.24) is 10.3 Å². The molecule has 1 aromatic carbocycles. The van der Waals surface area contributed by atoms with Gasteiger partial charge in [0, 0.05) is 17.7 Å². The molecule has 0 spiro atoms. The van der Waals surface area contributed by atoms with Crippen molar-refractivity contribution in [2.45, 2.75) is 45.6 Å². The van der Waals surface area contributed by atoms with Crippen molar-refractivity contribution in [2.75, 3.05) is 0 Å². The van der Waals surface area contributed by atoms with Gasteiger partial charge in [0.1, 0.15) is 0 Å². The van der Waals surface area contributed by atoms with Crippen LogP contribution in [0.25, 0.3) is 0 Å². The minimum Gasteiger partial charge on any atom is -0.350 e. The first-order valence-corrected chi connectivity index (χ1v) is 9.24. The molecule has 0 unspecified atom stereocenters. The molecule has 3 nitrogen and oxygen atoms in total. The molecule has 2 rings (SSSR count). The molecular weight excluding hydrogens is 351 g/mol. The minimum absolute atomic E-state index is 0.0455. The van der Waals surface area contributed by atoms with Crippen LogP contribution in [0.2, 0.25) is 10.0 Å². The van der Waals surface area contributed by atoms with Gasteiger partial charge >= 0.3 is 0 Å². The van der Waals surface area contributed by atoms with Crippen molar-refractivity contribution in [3.05, 3.63) is 49.9 Å². The van der Waals surface area contributed by atoms with Crippen LogP contribution in [0.5, 0.6) is 0 Å². The molecular formula is C17H20Cl2N2OS. The number of rotatable bonds is 7. The molecule has 2 aromatic rings. The van der Waals surface area contributed by atoms with E-state index in [1.54, 1.807) is 17.4 Å². The Morgan fingerprint density at radius 3 is 2.74 bits per heavy atom. The third kappa shape index (κ3) is 5.79. The van der Waals surface area contributed by atoms with Crippen LogP contribution in [0.15, 0.2) is 23.6 Å². The van der Waals surface area contributed by atoms with E-state index in [1.165, 1.54) is 0 Å². The first kappa shape index (κ1) is 18.2. The van der Waals surface area contributed by atoms with Gasteiger partial charge < -0.3 is 5.32 Å². The average molecular weight is 371 g/mol. The normalized spacial score (nSPS) is 11.0. The number of amides is 1. The number of carbonyl (C=O) groups excluding carboxylic acids is 1. The van der Waals surface area contributed by atoms with Crippen LogP contribution in [0.1, 0.15) is 48.9 Å². The topological polar surface area (TPSA) is 42.0 Å². The highest BCUT2D eigenvalue weighted by Crippen LogP contribution is 2.23. The minimum atomic E-state index is 0.0455. The molecule has 1 heterocycles. The van der Waals surface area contributed by atoms with E-state index in [9.17, 15) is 4.79 Å². The van der Waals surface area contributed by atoms with Gasteiger partial charge in [-0.2, -0.15) is 0 Å². The number of benzene rings is 1. The Bertz CT molecular complexity index is 670. The quantitative estimate of drug-likeness (QED) is 0.726. The first-order chi connectivity index (χ1) is 11.0. The third-order valence-corrected chi connectivity index (χ3v) is 5.32. The number of halogens is 2. The van der Waals surface area contributed by atoms with Gasteiger partial charge in [-0.1, -0.05) is 43.1 Å². The Balaban J connectivity index is 1.71. The van der Waals surface area contributed by atoms with Crippen molar-refractivity contribution in [2.24, 2.45) is 0 Å². The molecule has 23 heavy (non-hydrogen) atoms. The molecule has 0 aliphatic carbocycles. The summed E-state index contributed by atoms with van der Waals surface area (Å²) in [6.45, 7) is 4.73. The molecule has 6 heteroatoms. The van der Waals surface area contributed by atoms with E-state index in [0.29, 0.717) is 28.9 Å². The van der Waals surface area contributed by atoms with Crippen LogP contribution in [0, 0.1) is 0 Å². The summed E-state index contributed by atoms with van der Waals surface area (Å²) < 4.78 is 0. The predicted molar refractivity (Wildman–Crippen MR) is 97.4 cm³/mol. The zero-order valence-electron chi connectivity index (χ0n) is 13.2. The van der Waals surface area contributed by atoms with Crippen molar-refractivity contribution < 1.29 is 4.79 Å². The fourth-order valence-corrected chi connectivity index (χ4v) is 3.25. The molecule has 0 saturated carbocycles. The summed E-state index contributed by atoms with van der Waals surface area (Å²) in [5.41, 5.74) is 2.02. The Morgan fingerprint density at radius 2 is 2.09 bits per heavy atom. The predicted octanol–water partition coefficient (Wildman–Crippen LogP) is 5.21. The maximum atomic E-state index is 11.9. The summed E-state index contributed by atoms with van der Waals surface area (Å²) in [4.78, 5) is 16.4. The summed E-state index contributed by atoms with van der Waals surface area (Å²) in [7, 11) is 0. The number of carbonyl (C=O) groups is 1. The van der Waals surface area contributed by atoms with Crippen LogP contribution < -0.4 is 5.32 Å².